The molecule has 2 aromatic rings. The Bertz CT molecular complexity index is 737. The average Bonchev–Trinajstić information content (AvgIpc) is 2.53. The van der Waals surface area contributed by atoms with E-state index in [9.17, 15) is 9.90 Å². The third-order valence-corrected chi connectivity index (χ3v) is 4.00. The van der Waals surface area contributed by atoms with Crippen molar-refractivity contribution in [2.24, 2.45) is 0 Å². The van der Waals surface area contributed by atoms with Crippen molar-refractivity contribution in [2.75, 3.05) is 20.1 Å². The first-order chi connectivity index (χ1) is 11.7. The molecule has 0 spiro atoms. The number of ether oxygens (including phenoxy) is 1. The van der Waals surface area contributed by atoms with Crippen molar-refractivity contribution < 1.29 is 14.6 Å². The van der Waals surface area contributed by atoms with Gasteiger partial charge < -0.3 is 20.1 Å². The molecule has 0 aromatic heterocycles. The number of rotatable bonds is 5. The van der Waals surface area contributed by atoms with E-state index in [0.717, 1.165) is 16.3 Å². The number of phenolic OH excluding ortho intramolecular Hbond substituents is 1. The van der Waals surface area contributed by atoms with Crippen LogP contribution in [0.3, 0.4) is 0 Å². The zero-order valence-electron chi connectivity index (χ0n) is 15.7. The van der Waals surface area contributed by atoms with Crippen LogP contribution in [0.25, 0.3) is 10.8 Å². The summed E-state index contributed by atoms with van der Waals surface area (Å²) in [5.74, 6) is 0.304. The van der Waals surface area contributed by atoms with E-state index in [4.69, 9.17) is 4.74 Å². The van der Waals surface area contributed by atoms with E-state index < -0.39 is 5.60 Å². The first kappa shape index (κ1) is 19.1. The number of hydrogen-bond acceptors (Lipinski definition) is 4. The first-order valence-corrected chi connectivity index (χ1v) is 8.57. The molecule has 1 unspecified atom stereocenters. The van der Waals surface area contributed by atoms with Crippen LogP contribution in [0.2, 0.25) is 0 Å². The smallest absolute Gasteiger partial charge is 0.410 e. The third kappa shape index (κ3) is 5.10. The predicted molar refractivity (Wildman–Crippen MR) is 101 cm³/mol. The van der Waals surface area contributed by atoms with Gasteiger partial charge in [0.15, 0.2) is 0 Å². The molecule has 5 heteroatoms. The molecule has 2 rings (SSSR count). The van der Waals surface area contributed by atoms with E-state index in [1.54, 1.807) is 11.9 Å². The summed E-state index contributed by atoms with van der Waals surface area (Å²) in [6, 6.07) is 11.7. The fourth-order valence-corrected chi connectivity index (χ4v) is 2.61. The van der Waals surface area contributed by atoms with Gasteiger partial charge in [-0.1, -0.05) is 36.4 Å². The van der Waals surface area contributed by atoms with Gasteiger partial charge in [-0.05, 0) is 33.1 Å². The molecule has 0 saturated heterocycles. The quantitative estimate of drug-likeness (QED) is 0.858. The second kappa shape index (κ2) is 7.74. The minimum atomic E-state index is -0.497. The monoisotopic (exact) mass is 344 g/mol. The number of carbonyl (C=O) groups excluding carboxylic acids is 1. The van der Waals surface area contributed by atoms with Crippen molar-refractivity contribution in [3.8, 4) is 5.75 Å². The van der Waals surface area contributed by atoms with Gasteiger partial charge in [0, 0.05) is 37.1 Å². The lowest BCUT2D eigenvalue weighted by Crippen LogP contribution is -2.38. The van der Waals surface area contributed by atoms with E-state index in [0.29, 0.717) is 18.8 Å². The molecule has 0 fully saturated rings. The van der Waals surface area contributed by atoms with Gasteiger partial charge in [0.2, 0.25) is 0 Å². The molecule has 2 aromatic carbocycles. The molecular weight excluding hydrogens is 316 g/mol. The van der Waals surface area contributed by atoms with Gasteiger partial charge in [0.1, 0.15) is 11.4 Å². The van der Waals surface area contributed by atoms with Gasteiger partial charge in [0.05, 0.1) is 0 Å². The Morgan fingerprint density at radius 3 is 2.60 bits per heavy atom. The summed E-state index contributed by atoms with van der Waals surface area (Å²) in [7, 11) is 1.72. The maximum absolute atomic E-state index is 11.9. The van der Waals surface area contributed by atoms with Gasteiger partial charge in [0.25, 0.3) is 0 Å². The van der Waals surface area contributed by atoms with Crippen molar-refractivity contribution in [1.29, 1.82) is 0 Å². The summed E-state index contributed by atoms with van der Waals surface area (Å²) in [6.07, 6.45) is -0.337. The van der Waals surface area contributed by atoms with Gasteiger partial charge >= 0.3 is 6.09 Å². The minimum absolute atomic E-state index is 0.0309. The Balaban J connectivity index is 1.93. The molecule has 1 atom stereocenters. The Morgan fingerprint density at radius 2 is 1.92 bits per heavy atom. The van der Waals surface area contributed by atoms with Crippen molar-refractivity contribution in [3.05, 3.63) is 42.0 Å². The normalized spacial score (nSPS) is 12.8. The summed E-state index contributed by atoms with van der Waals surface area (Å²) in [5.41, 5.74) is 0.349. The van der Waals surface area contributed by atoms with Crippen LogP contribution < -0.4 is 5.32 Å². The van der Waals surface area contributed by atoms with E-state index in [1.165, 1.54) is 0 Å². The van der Waals surface area contributed by atoms with Crippen molar-refractivity contribution in [1.82, 2.24) is 10.2 Å². The molecule has 0 heterocycles. The number of fused-ring (bicyclic) bond motifs is 1. The Morgan fingerprint density at radius 1 is 1.24 bits per heavy atom. The molecule has 25 heavy (non-hydrogen) atoms. The second-order valence-electron chi connectivity index (χ2n) is 7.30. The van der Waals surface area contributed by atoms with Crippen molar-refractivity contribution in [3.63, 3.8) is 0 Å². The number of carbonyl (C=O) groups is 1. The lowest BCUT2D eigenvalue weighted by molar-refractivity contribution is 0.0299. The SMILES string of the molecule is CC(NCCN(C)C(=O)OC(C)(C)C)c1ccc2ccccc2c1O. The van der Waals surface area contributed by atoms with E-state index in [1.807, 2.05) is 64.1 Å². The highest BCUT2D eigenvalue weighted by Gasteiger charge is 2.19. The van der Waals surface area contributed by atoms with Gasteiger partial charge in [-0.15, -0.1) is 0 Å². The number of phenols is 1. The zero-order valence-corrected chi connectivity index (χ0v) is 15.7. The fraction of sp³-hybridized carbons (Fsp3) is 0.450. The minimum Gasteiger partial charge on any atom is -0.507 e. The fourth-order valence-electron chi connectivity index (χ4n) is 2.61. The largest absolute Gasteiger partial charge is 0.507 e. The van der Waals surface area contributed by atoms with Crippen LogP contribution in [0.1, 0.15) is 39.3 Å². The molecule has 0 aliphatic carbocycles. The molecule has 0 saturated carbocycles. The van der Waals surface area contributed by atoms with Gasteiger partial charge in [-0.2, -0.15) is 0 Å². The van der Waals surface area contributed by atoms with Crippen LogP contribution in [0, 0.1) is 0 Å². The summed E-state index contributed by atoms with van der Waals surface area (Å²) in [6.45, 7) is 8.67. The first-order valence-electron chi connectivity index (χ1n) is 8.57. The Labute approximate surface area is 149 Å². The van der Waals surface area contributed by atoms with E-state index in [-0.39, 0.29) is 12.1 Å². The molecule has 0 aliphatic heterocycles. The van der Waals surface area contributed by atoms with Crippen molar-refractivity contribution >= 4 is 16.9 Å². The van der Waals surface area contributed by atoms with Crippen LogP contribution >= 0.6 is 0 Å². The van der Waals surface area contributed by atoms with Gasteiger partial charge in [-0.3, -0.25) is 0 Å². The third-order valence-electron chi connectivity index (χ3n) is 4.00. The summed E-state index contributed by atoms with van der Waals surface area (Å²) in [5, 5.41) is 15.7. The standard InChI is InChI=1S/C20H28N2O3/c1-14(21-12-13-22(5)19(24)25-20(2,3)4)16-11-10-15-8-6-7-9-17(15)18(16)23/h6-11,14,21,23H,12-13H2,1-5H3. The van der Waals surface area contributed by atoms with Crippen molar-refractivity contribution in [2.45, 2.75) is 39.3 Å². The molecule has 2 N–H and O–H groups in total. The number of nitrogens with zero attached hydrogens (tertiary/aromatic N) is 1. The van der Waals surface area contributed by atoms with Gasteiger partial charge in [-0.25, -0.2) is 4.79 Å². The molecule has 136 valence electrons. The number of aromatic hydroxyl groups is 1. The second-order valence-corrected chi connectivity index (χ2v) is 7.30. The summed E-state index contributed by atoms with van der Waals surface area (Å²) in [4.78, 5) is 13.5. The van der Waals surface area contributed by atoms with Crippen LogP contribution in [-0.2, 0) is 4.74 Å². The van der Waals surface area contributed by atoms with E-state index >= 15 is 0 Å². The predicted octanol–water partition coefficient (Wildman–Crippen LogP) is 4.06. The van der Waals surface area contributed by atoms with Crippen LogP contribution in [-0.4, -0.2) is 41.8 Å². The molecule has 1 amide bonds. The highest BCUT2D eigenvalue weighted by molar-refractivity contribution is 5.89. The summed E-state index contributed by atoms with van der Waals surface area (Å²) < 4.78 is 5.33. The Kier molecular flexibility index (Phi) is 5.90. The van der Waals surface area contributed by atoms with Crippen LogP contribution in [0.5, 0.6) is 5.75 Å². The number of amides is 1. The molecule has 0 bridgehead atoms. The summed E-state index contributed by atoms with van der Waals surface area (Å²) >= 11 is 0. The molecule has 0 aliphatic rings. The molecule has 5 nitrogen and oxygen atoms in total. The molecular formula is C20H28N2O3. The van der Waals surface area contributed by atoms with Crippen LogP contribution in [0.4, 0.5) is 4.79 Å². The lowest BCUT2D eigenvalue weighted by Gasteiger charge is -2.25. The van der Waals surface area contributed by atoms with E-state index in [2.05, 4.69) is 5.32 Å². The number of benzene rings is 2. The number of likely N-dealkylation sites (N-methyl/N-ethyl adjacent to an activating group) is 1. The van der Waals surface area contributed by atoms with Crippen LogP contribution in [0.15, 0.2) is 36.4 Å². The zero-order chi connectivity index (χ0) is 18.6. The highest BCUT2D eigenvalue weighted by atomic mass is 16.6. The highest BCUT2D eigenvalue weighted by Crippen LogP contribution is 2.32. The maximum Gasteiger partial charge on any atom is 0.410 e. The topological polar surface area (TPSA) is 61.8 Å². The number of nitrogens with one attached hydrogen (secondary N) is 1. The lowest BCUT2D eigenvalue weighted by atomic mass is 10.0. The molecule has 0 radical (unpaired) electrons. The Hall–Kier alpha value is -2.27. The number of hydrogen-bond donors (Lipinski definition) is 2. The maximum atomic E-state index is 11.9. The average molecular weight is 344 g/mol.